The Bertz CT molecular complexity index is 255. The summed E-state index contributed by atoms with van der Waals surface area (Å²) in [5, 5.41) is 3.49. The molecule has 0 radical (unpaired) electrons. The van der Waals surface area contributed by atoms with Crippen LogP contribution in [0.5, 0.6) is 0 Å². The Labute approximate surface area is 84.4 Å². The molecule has 0 aromatic carbocycles. The molecule has 0 bridgehead atoms. The fourth-order valence-electron chi connectivity index (χ4n) is 1.25. The summed E-state index contributed by atoms with van der Waals surface area (Å²) in [6.07, 6.45) is 1.05. The third-order valence-corrected chi connectivity index (χ3v) is 3.23. The molecular weight excluding hydrogens is 180 g/mol. The summed E-state index contributed by atoms with van der Waals surface area (Å²) in [5.41, 5.74) is 7.07. The van der Waals surface area contributed by atoms with E-state index >= 15 is 0 Å². The Morgan fingerprint density at radius 2 is 2.31 bits per heavy atom. The first-order valence-electron chi connectivity index (χ1n) is 4.62. The minimum absolute atomic E-state index is 0.294. The SMILES string of the molecule is Cc1ccsc1N(C)CCC(C)N. The Balaban J connectivity index is 2.49. The molecule has 3 heteroatoms. The molecule has 1 aromatic rings. The molecule has 0 saturated carbocycles. The van der Waals surface area contributed by atoms with Gasteiger partial charge in [-0.2, -0.15) is 0 Å². The molecule has 0 fully saturated rings. The summed E-state index contributed by atoms with van der Waals surface area (Å²) < 4.78 is 0. The normalized spacial score (nSPS) is 12.9. The first-order chi connectivity index (χ1) is 6.11. The second-order valence-corrected chi connectivity index (χ2v) is 4.49. The highest BCUT2D eigenvalue weighted by molar-refractivity contribution is 7.14. The molecule has 13 heavy (non-hydrogen) atoms. The van der Waals surface area contributed by atoms with E-state index in [2.05, 4.69) is 37.2 Å². The fraction of sp³-hybridized carbons (Fsp3) is 0.600. The summed E-state index contributed by atoms with van der Waals surface area (Å²) in [6.45, 7) is 5.24. The van der Waals surface area contributed by atoms with Gasteiger partial charge in [-0.25, -0.2) is 0 Å². The second kappa shape index (κ2) is 4.63. The van der Waals surface area contributed by atoms with E-state index in [9.17, 15) is 0 Å². The van der Waals surface area contributed by atoms with Gasteiger partial charge in [0, 0.05) is 19.6 Å². The van der Waals surface area contributed by atoms with Crippen LogP contribution in [0.1, 0.15) is 18.9 Å². The molecule has 0 aliphatic carbocycles. The predicted octanol–water partition coefficient (Wildman–Crippen LogP) is 2.23. The van der Waals surface area contributed by atoms with Gasteiger partial charge in [0.15, 0.2) is 0 Å². The van der Waals surface area contributed by atoms with Crippen LogP contribution in [0.3, 0.4) is 0 Å². The monoisotopic (exact) mass is 198 g/mol. The van der Waals surface area contributed by atoms with Crippen LogP contribution in [0.15, 0.2) is 11.4 Å². The van der Waals surface area contributed by atoms with E-state index in [4.69, 9.17) is 5.73 Å². The predicted molar refractivity (Wildman–Crippen MR) is 60.6 cm³/mol. The van der Waals surface area contributed by atoms with Crippen LogP contribution in [-0.4, -0.2) is 19.6 Å². The Morgan fingerprint density at radius 1 is 1.62 bits per heavy atom. The van der Waals surface area contributed by atoms with Crippen molar-refractivity contribution in [2.24, 2.45) is 5.73 Å². The van der Waals surface area contributed by atoms with Gasteiger partial charge in [0.05, 0.1) is 5.00 Å². The number of rotatable bonds is 4. The van der Waals surface area contributed by atoms with E-state index in [1.807, 2.05) is 0 Å². The summed E-state index contributed by atoms with van der Waals surface area (Å²) in [6, 6.07) is 2.45. The number of thiophene rings is 1. The number of nitrogens with zero attached hydrogens (tertiary/aromatic N) is 1. The van der Waals surface area contributed by atoms with Crippen LogP contribution in [0.4, 0.5) is 5.00 Å². The maximum Gasteiger partial charge on any atom is 0.0935 e. The van der Waals surface area contributed by atoms with E-state index in [0.717, 1.165) is 13.0 Å². The van der Waals surface area contributed by atoms with Crippen LogP contribution >= 0.6 is 11.3 Å². The van der Waals surface area contributed by atoms with Crippen molar-refractivity contribution in [3.8, 4) is 0 Å². The van der Waals surface area contributed by atoms with Gasteiger partial charge in [-0.1, -0.05) is 0 Å². The third kappa shape index (κ3) is 3.01. The zero-order valence-electron chi connectivity index (χ0n) is 8.58. The van der Waals surface area contributed by atoms with Gasteiger partial charge in [-0.15, -0.1) is 11.3 Å². The standard InChI is InChI=1S/C10H18N2S/c1-8-5-7-13-10(8)12(3)6-4-9(2)11/h5,7,9H,4,6,11H2,1-3H3. The molecule has 74 valence electrons. The van der Waals surface area contributed by atoms with Crippen LogP contribution in [0.25, 0.3) is 0 Å². The largest absolute Gasteiger partial charge is 0.366 e. The van der Waals surface area contributed by atoms with E-state index in [0.29, 0.717) is 6.04 Å². The third-order valence-electron chi connectivity index (χ3n) is 2.10. The van der Waals surface area contributed by atoms with E-state index in [-0.39, 0.29) is 0 Å². The highest BCUT2D eigenvalue weighted by Crippen LogP contribution is 2.25. The van der Waals surface area contributed by atoms with Crippen LogP contribution in [0.2, 0.25) is 0 Å². The maximum absolute atomic E-state index is 5.71. The molecule has 0 spiro atoms. The van der Waals surface area contributed by atoms with Gasteiger partial charge >= 0.3 is 0 Å². The van der Waals surface area contributed by atoms with Gasteiger partial charge in [0.2, 0.25) is 0 Å². The van der Waals surface area contributed by atoms with Crippen molar-refractivity contribution >= 4 is 16.3 Å². The molecule has 0 aliphatic heterocycles. The molecule has 0 saturated heterocycles. The number of hydrogen-bond donors (Lipinski definition) is 1. The van der Waals surface area contributed by atoms with E-state index in [1.54, 1.807) is 11.3 Å². The first kappa shape index (κ1) is 10.5. The highest BCUT2D eigenvalue weighted by atomic mass is 32.1. The second-order valence-electron chi connectivity index (χ2n) is 3.60. The van der Waals surface area contributed by atoms with Crippen molar-refractivity contribution in [3.05, 3.63) is 17.0 Å². The van der Waals surface area contributed by atoms with Crippen molar-refractivity contribution in [2.45, 2.75) is 26.3 Å². The zero-order valence-corrected chi connectivity index (χ0v) is 9.40. The molecule has 2 N–H and O–H groups in total. The summed E-state index contributed by atoms with van der Waals surface area (Å²) in [7, 11) is 2.13. The molecule has 0 aliphatic rings. The number of hydrogen-bond acceptors (Lipinski definition) is 3. The maximum atomic E-state index is 5.71. The van der Waals surface area contributed by atoms with Gasteiger partial charge in [0.1, 0.15) is 0 Å². The lowest BCUT2D eigenvalue weighted by atomic mass is 10.2. The Kier molecular flexibility index (Phi) is 3.75. The topological polar surface area (TPSA) is 29.3 Å². The van der Waals surface area contributed by atoms with Crippen molar-refractivity contribution in [3.63, 3.8) is 0 Å². The molecule has 1 atom stereocenters. The lowest BCUT2D eigenvalue weighted by molar-refractivity contribution is 0.660. The summed E-state index contributed by atoms with van der Waals surface area (Å²) in [5.74, 6) is 0. The van der Waals surface area contributed by atoms with Crippen LogP contribution < -0.4 is 10.6 Å². The van der Waals surface area contributed by atoms with E-state index < -0.39 is 0 Å². The van der Waals surface area contributed by atoms with Gasteiger partial charge in [-0.3, -0.25) is 0 Å². The summed E-state index contributed by atoms with van der Waals surface area (Å²) in [4.78, 5) is 2.28. The number of anilines is 1. The van der Waals surface area contributed by atoms with Gasteiger partial charge in [0.25, 0.3) is 0 Å². The molecule has 1 rings (SSSR count). The van der Waals surface area contributed by atoms with Crippen LogP contribution in [0, 0.1) is 6.92 Å². The highest BCUT2D eigenvalue weighted by Gasteiger charge is 2.05. The molecular formula is C10H18N2S. The zero-order chi connectivity index (χ0) is 9.84. The van der Waals surface area contributed by atoms with Crippen molar-refractivity contribution in [1.29, 1.82) is 0 Å². The smallest absolute Gasteiger partial charge is 0.0935 e. The molecule has 1 aromatic heterocycles. The average molecular weight is 198 g/mol. The number of aryl methyl sites for hydroxylation is 1. The molecule has 1 unspecified atom stereocenters. The first-order valence-corrected chi connectivity index (χ1v) is 5.50. The number of nitrogens with two attached hydrogens (primary N) is 1. The minimum Gasteiger partial charge on any atom is -0.366 e. The molecule has 1 heterocycles. The van der Waals surface area contributed by atoms with E-state index in [1.165, 1.54) is 10.6 Å². The lowest BCUT2D eigenvalue weighted by Gasteiger charge is -2.19. The van der Waals surface area contributed by atoms with Crippen LogP contribution in [-0.2, 0) is 0 Å². The average Bonchev–Trinajstić information content (AvgIpc) is 2.47. The Hall–Kier alpha value is -0.540. The van der Waals surface area contributed by atoms with Crippen molar-refractivity contribution in [1.82, 2.24) is 0 Å². The Morgan fingerprint density at radius 3 is 2.77 bits per heavy atom. The fourth-order valence-corrected chi connectivity index (χ4v) is 2.18. The van der Waals surface area contributed by atoms with Crippen molar-refractivity contribution < 1.29 is 0 Å². The lowest BCUT2D eigenvalue weighted by Crippen LogP contribution is -2.25. The van der Waals surface area contributed by atoms with Gasteiger partial charge < -0.3 is 10.6 Å². The quantitative estimate of drug-likeness (QED) is 0.804. The molecule has 0 amide bonds. The minimum atomic E-state index is 0.294. The summed E-state index contributed by atoms with van der Waals surface area (Å²) >= 11 is 1.79. The van der Waals surface area contributed by atoms with Crippen molar-refractivity contribution in [2.75, 3.05) is 18.5 Å². The van der Waals surface area contributed by atoms with Gasteiger partial charge in [-0.05, 0) is 37.3 Å². The molecule has 2 nitrogen and oxygen atoms in total.